The van der Waals surface area contributed by atoms with Crippen molar-refractivity contribution in [2.75, 3.05) is 5.75 Å². The first kappa shape index (κ1) is 21.3. The van der Waals surface area contributed by atoms with E-state index in [4.69, 9.17) is 0 Å². The Hall–Kier alpha value is -2.97. The molecule has 0 aliphatic carbocycles. The van der Waals surface area contributed by atoms with Gasteiger partial charge in [-0.2, -0.15) is 0 Å². The number of rotatable bonds is 8. The van der Waals surface area contributed by atoms with Crippen LogP contribution in [-0.2, 0) is 13.1 Å². The summed E-state index contributed by atoms with van der Waals surface area (Å²) in [5, 5.41) is 19.7. The summed E-state index contributed by atoms with van der Waals surface area (Å²) < 4.78 is 18.0. The van der Waals surface area contributed by atoms with E-state index >= 15 is 0 Å². The van der Waals surface area contributed by atoms with Crippen molar-refractivity contribution < 1.29 is 9.50 Å². The van der Waals surface area contributed by atoms with E-state index in [1.807, 2.05) is 9.13 Å². The monoisotopic (exact) mass is 437 g/mol. The fourth-order valence-corrected chi connectivity index (χ4v) is 4.30. The number of hydrogen-bond acceptors (Lipinski definition) is 5. The third kappa shape index (κ3) is 4.40. The van der Waals surface area contributed by atoms with Crippen molar-refractivity contribution in [2.45, 2.75) is 38.2 Å². The first-order valence-corrected chi connectivity index (χ1v) is 11.0. The van der Waals surface area contributed by atoms with E-state index in [1.54, 1.807) is 30.6 Å². The highest BCUT2D eigenvalue weighted by molar-refractivity contribution is 7.99. The summed E-state index contributed by atoms with van der Waals surface area (Å²) in [5.41, 5.74) is 4.70. The van der Waals surface area contributed by atoms with Crippen LogP contribution in [0.15, 0.2) is 60.5 Å². The van der Waals surface area contributed by atoms with Gasteiger partial charge in [-0.05, 0) is 49.2 Å². The summed E-state index contributed by atoms with van der Waals surface area (Å²) in [7, 11) is 0. The van der Waals surface area contributed by atoms with Crippen molar-refractivity contribution in [3.63, 3.8) is 0 Å². The molecule has 160 valence electrons. The molecule has 0 aliphatic rings. The highest BCUT2D eigenvalue weighted by Crippen LogP contribution is 2.27. The number of hydrogen-bond donors (Lipinski definition) is 1. The van der Waals surface area contributed by atoms with Gasteiger partial charge in [0.2, 0.25) is 0 Å². The predicted octanol–water partition coefficient (Wildman–Crippen LogP) is 4.39. The quantitative estimate of drug-likeness (QED) is 0.327. The number of fused-ring (bicyclic) bond motifs is 1. The second-order valence-electron chi connectivity index (χ2n) is 7.47. The van der Waals surface area contributed by atoms with Gasteiger partial charge in [0.05, 0.1) is 35.6 Å². The standard InChI is InChI=1S/C23H24FN5OS/c1-4-9-29-22(18-7-5-6-8-19(18)24)26-27-23(29)31-13-17(30)12-28-14-25-20-10-15(2)16(3)11-21(20)28/h4-8,10-11,14,17,30H,1,9,12-13H2,2-3H3. The van der Waals surface area contributed by atoms with Gasteiger partial charge in [0.25, 0.3) is 0 Å². The molecule has 0 aliphatic heterocycles. The van der Waals surface area contributed by atoms with Crippen molar-refractivity contribution in [1.29, 1.82) is 0 Å². The number of aromatic nitrogens is 5. The molecule has 4 aromatic rings. The van der Waals surface area contributed by atoms with E-state index in [-0.39, 0.29) is 5.82 Å². The molecule has 0 spiro atoms. The largest absolute Gasteiger partial charge is 0.390 e. The van der Waals surface area contributed by atoms with Crippen molar-refractivity contribution in [1.82, 2.24) is 24.3 Å². The zero-order valence-corrected chi connectivity index (χ0v) is 18.3. The van der Waals surface area contributed by atoms with Crippen LogP contribution >= 0.6 is 11.8 Å². The van der Waals surface area contributed by atoms with Gasteiger partial charge in [-0.1, -0.05) is 30.0 Å². The number of aliphatic hydroxyl groups is 1. The molecule has 0 amide bonds. The van der Waals surface area contributed by atoms with Crippen LogP contribution in [0.2, 0.25) is 0 Å². The summed E-state index contributed by atoms with van der Waals surface area (Å²) in [6.07, 6.45) is 2.86. The Morgan fingerprint density at radius 3 is 2.74 bits per heavy atom. The molecule has 8 heteroatoms. The van der Waals surface area contributed by atoms with Crippen LogP contribution in [0.25, 0.3) is 22.4 Å². The molecule has 0 saturated carbocycles. The number of aryl methyl sites for hydroxylation is 2. The fraction of sp³-hybridized carbons (Fsp3) is 0.261. The maximum absolute atomic E-state index is 14.2. The minimum Gasteiger partial charge on any atom is -0.390 e. The average molecular weight is 438 g/mol. The predicted molar refractivity (Wildman–Crippen MR) is 122 cm³/mol. The maximum atomic E-state index is 14.2. The second-order valence-corrected chi connectivity index (χ2v) is 8.46. The lowest BCUT2D eigenvalue weighted by molar-refractivity contribution is 0.179. The maximum Gasteiger partial charge on any atom is 0.191 e. The molecule has 1 atom stereocenters. The number of imidazole rings is 1. The Morgan fingerprint density at radius 2 is 1.97 bits per heavy atom. The van der Waals surface area contributed by atoms with Gasteiger partial charge in [0, 0.05) is 12.3 Å². The summed E-state index contributed by atoms with van der Waals surface area (Å²) in [6.45, 7) is 8.78. The highest BCUT2D eigenvalue weighted by atomic mass is 32.2. The number of allylic oxidation sites excluding steroid dienone is 1. The van der Waals surface area contributed by atoms with Crippen LogP contribution < -0.4 is 0 Å². The number of halogens is 1. The Bertz CT molecular complexity index is 1230. The third-order valence-electron chi connectivity index (χ3n) is 5.19. The van der Waals surface area contributed by atoms with Crippen molar-refractivity contribution >= 4 is 22.8 Å². The minimum atomic E-state index is -0.616. The highest BCUT2D eigenvalue weighted by Gasteiger charge is 2.18. The summed E-state index contributed by atoms with van der Waals surface area (Å²) in [5.74, 6) is 0.507. The van der Waals surface area contributed by atoms with Crippen molar-refractivity contribution in [3.05, 3.63) is 72.3 Å². The lowest BCUT2D eigenvalue weighted by Gasteiger charge is -2.13. The molecule has 0 bridgehead atoms. The molecule has 6 nitrogen and oxygen atoms in total. The van der Waals surface area contributed by atoms with Crippen LogP contribution in [0.5, 0.6) is 0 Å². The molecule has 31 heavy (non-hydrogen) atoms. The van der Waals surface area contributed by atoms with Gasteiger partial charge >= 0.3 is 0 Å². The van der Waals surface area contributed by atoms with Crippen molar-refractivity contribution in [3.8, 4) is 11.4 Å². The molecule has 2 aromatic carbocycles. The van der Waals surface area contributed by atoms with E-state index in [0.717, 1.165) is 11.0 Å². The lowest BCUT2D eigenvalue weighted by atomic mass is 10.1. The molecule has 2 heterocycles. The molecule has 2 aromatic heterocycles. The topological polar surface area (TPSA) is 68.8 Å². The van der Waals surface area contributed by atoms with Crippen LogP contribution in [0.3, 0.4) is 0 Å². The third-order valence-corrected chi connectivity index (χ3v) is 6.30. The van der Waals surface area contributed by atoms with E-state index < -0.39 is 6.10 Å². The summed E-state index contributed by atoms with van der Waals surface area (Å²) in [4.78, 5) is 4.45. The Balaban J connectivity index is 1.50. The normalized spacial score (nSPS) is 12.4. The molecular formula is C23H24FN5OS. The molecule has 1 N–H and O–H groups in total. The van der Waals surface area contributed by atoms with Crippen LogP contribution in [0.4, 0.5) is 4.39 Å². The SMILES string of the molecule is C=CCn1c(SCC(O)Cn2cnc3cc(C)c(C)cc32)nnc1-c1ccccc1F. The summed E-state index contributed by atoms with van der Waals surface area (Å²) >= 11 is 1.38. The smallest absolute Gasteiger partial charge is 0.191 e. The van der Waals surface area contributed by atoms with Gasteiger partial charge in [-0.25, -0.2) is 9.37 Å². The minimum absolute atomic E-state index is 0.352. The Kier molecular flexibility index (Phi) is 6.20. The molecule has 0 radical (unpaired) electrons. The number of aliphatic hydroxyl groups excluding tert-OH is 1. The van der Waals surface area contributed by atoms with Gasteiger partial charge < -0.3 is 9.67 Å². The van der Waals surface area contributed by atoms with E-state index in [1.165, 1.54) is 29.0 Å². The zero-order chi connectivity index (χ0) is 22.0. The van der Waals surface area contributed by atoms with E-state index in [0.29, 0.717) is 35.4 Å². The molecule has 4 rings (SSSR count). The molecule has 0 fully saturated rings. The van der Waals surface area contributed by atoms with Gasteiger partial charge in [0.1, 0.15) is 5.82 Å². The van der Waals surface area contributed by atoms with E-state index in [9.17, 15) is 9.50 Å². The first-order valence-electron chi connectivity index (χ1n) is 10.00. The Labute approximate surface area is 184 Å². The van der Waals surface area contributed by atoms with Crippen LogP contribution in [-0.4, -0.2) is 41.3 Å². The van der Waals surface area contributed by atoms with Crippen molar-refractivity contribution in [2.24, 2.45) is 0 Å². The molecule has 0 saturated heterocycles. The zero-order valence-electron chi connectivity index (χ0n) is 17.5. The first-order chi connectivity index (χ1) is 15.0. The molecular weight excluding hydrogens is 413 g/mol. The fourth-order valence-electron chi connectivity index (χ4n) is 3.44. The van der Waals surface area contributed by atoms with Gasteiger partial charge in [-0.15, -0.1) is 16.8 Å². The Morgan fingerprint density at radius 1 is 1.19 bits per heavy atom. The lowest BCUT2D eigenvalue weighted by Crippen LogP contribution is -2.18. The van der Waals surface area contributed by atoms with Gasteiger partial charge in [0.15, 0.2) is 11.0 Å². The number of nitrogens with zero attached hydrogens (tertiary/aromatic N) is 5. The van der Waals surface area contributed by atoms with Crippen LogP contribution in [0.1, 0.15) is 11.1 Å². The summed E-state index contributed by atoms with van der Waals surface area (Å²) in [6, 6.07) is 10.6. The number of benzene rings is 2. The molecule has 1 unspecified atom stereocenters. The second kappa shape index (κ2) is 9.03. The van der Waals surface area contributed by atoms with E-state index in [2.05, 4.69) is 47.7 Å². The van der Waals surface area contributed by atoms with Crippen LogP contribution in [0, 0.1) is 19.7 Å². The average Bonchev–Trinajstić information content (AvgIpc) is 3.32. The number of thioether (sulfide) groups is 1. The van der Waals surface area contributed by atoms with Gasteiger partial charge in [-0.3, -0.25) is 4.57 Å².